The molecule has 0 saturated carbocycles. The number of nitrogens with zero attached hydrogens (tertiary/aromatic N) is 16. The molecule has 0 spiro atoms. The van der Waals surface area contributed by atoms with Crippen LogP contribution in [0.25, 0.3) is 119 Å². The highest BCUT2D eigenvalue weighted by Gasteiger charge is 2.41. The molecule has 0 saturated heterocycles. The van der Waals surface area contributed by atoms with E-state index in [9.17, 15) is 0 Å². The number of fused-ring (bicyclic) bond motifs is 6. The Morgan fingerprint density at radius 1 is 0.362 bits per heavy atom. The molecule has 16 nitrogen and oxygen atoms in total. The van der Waals surface area contributed by atoms with E-state index in [1.54, 1.807) is 49.6 Å². The van der Waals surface area contributed by atoms with Crippen LogP contribution in [0.15, 0.2) is 226 Å². The molecule has 17 rings (SSSR count). The molecule has 80 heavy (non-hydrogen) atoms. The first-order valence-electron chi connectivity index (χ1n) is 26.1. The predicted molar refractivity (Wildman–Crippen MR) is 305 cm³/mol. The zero-order valence-electron chi connectivity index (χ0n) is 42.1. The molecule has 14 aromatic rings. The van der Waals surface area contributed by atoms with Crippen LogP contribution in [0.5, 0.6) is 0 Å². The van der Waals surface area contributed by atoms with Gasteiger partial charge in [-0.1, -0.05) is 30.3 Å². The summed E-state index contributed by atoms with van der Waals surface area (Å²) in [5.74, 6) is 4.45. The van der Waals surface area contributed by atoms with Crippen LogP contribution in [-0.4, -0.2) is 77.4 Å². The molecule has 3 aliphatic carbocycles. The van der Waals surface area contributed by atoms with Gasteiger partial charge >= 0.3 is 0 Å². The maximum Gasteiger partial charge on any atom is 0.196 e. The number of pyridine rings is 4. The number of hydrogen-bond acceptors (Lipinski definition) is 12. The number of benzene rings is 2. The molecule has 2 unspecified atom stereocenters. The topological polar surface area (TPSA) is 172 Å². The zero-order chi connectivity index (χ0) is 52.4. The van der Waals surface area contributed by atoms with Gasteiger partial charge in [-0.25, -0.2) is 59.8 Å². The summed E-state index contributed by atoms with van der Waals surface area (Å²) in [6, 6.07) is 41.2. The summed E-state index contributed by atoms with van der Waals surface area (Å²) in [5, 5.41) is 2.16. The van der Waals surface area contributed by atoms with E-state index in [1.165, 1.54) is 0 Å². The molecule has 0 bridgehead atoms. The van der Waals surface area contributed by atoms with Crippen molar-refractivity contribution in [3.8, 4) is 69.1 Å². The Balaban J connectivity index is 0.969. The fraction of sp³-hybridized carbons (Fsp3) is 0.0312. The maximum atomic E-state index is 5.42. The van der Waals surface area contributed by atoms with E-state index >= 15 is 0 Å². The van der Waals surface area contributed by atoms with Gasteiger partial charge in [-0.3, -0.25) is 17.6 Å². The van der Waals surface area contributed by atoms with E-state index in [1.807, 2.05) is 79.4 Å². The van der Waals surface area contributed by atoms with Crippen LogP contribution in [0.1, 0.15) is 28.4 Å². The Bertz CT molecular complexity index is 5010. The van der Waals surface area contributed by atoms with Crippen molar-refractivity contribution in [3.05, 3.63) is 248 Å². The summed E-state index contributed by atoms with van der Waals surface area (Å²) < 4.78 is 8.31. The maximum absolute atomic E-state index is 5.42. The lowest BCUT2D eigenvalue weighted by Gasteiger charge is -2.40. The summed E-state index contributed by atoms with van der Waals surface area (Å²) in [6.07, 6.45) is 31.5. The molecule has 0 amide bonds. The van der Waals surface area contributed by atoms with Gasteiger partial charge in [-0.15, -0.1) is 0 Å². The van der Waals surface area contributed by atoms with E-state index < -0.39 is 0 Å². The van der Waals surface area contributed by atoms with Crippen molar-refractivity contribution in [2.24, 2.45) is 5.92 Å². The number of hydrogen-bond donors (Lipinski definition) is 0. The van der Waals surface area contributed by atoms with Crippen LogP contribution in [0.2, 0.25) is 0 Å². The normalized spacial score (nSPS) is 15.6. The monoisotopic (exact) mass is 1030 g/mol. The minimum atomic E-state index is -0.167. The quantitative estimate of drug-likeness (QED) is 0.141. The Morgan fingerprint density at radius 2 is 0.762 bits per heavy atom. The van der Waals surface area contributed by atoms with Crippen LogP contribution in [0.4, 0.5) is 0 Å². The average Bonchev–Trinajstić information content (AvgIpc) is 4.43. The van der Waals surface area contributed by atoms with Crippen LogP contribution in [0, 0.1) is 5.92 Å². The number of allylic oxidation sites excluding steroid dienone is 8. The minimum Gasteiger partial charge on any atom is -0.296 e. The molecular weight excluding hydrogens is 993 g/mol. The van der Waals surface area contributed by atoms with Crippen molar-refractivity contribution in [1.82, 2.24) is 77.4 Å². The SMILES string of the molecule is C1=C(c2nc(-c3ncccn3)n3ccccc23)C=C2c3cc(-c4nc(-c5ncccn5)n5ccccc45)cc4cc(-c5nc(-c6ncccn6)n6ccccc56)cc(c34)C3C=C(c4nc(-c5ncccn5)n5ccccc45)C=C1C23. The molecule has 0 aliphatic heterocycles. The summed E-state index contributed by atoms with van der Waals surface area (Å²) >= 11 is 0. The molecule has 2 aromatic carbocycles. The predicted octanol–water partition coefficient (Wildman–Crippen LogP) is 11.8. The first kappa shape index (κ1) is 43.9. The Labute approximate surface area is 454 Å². The second kappa shape index (κ2) is 17.1. The average molecular weight is 1030 g/mol. The molecule has 12 aromatic heterocycles. The Hall–Kier alpha value is -11.3. The zero-order valence-corrected chi connectivity index (χ0v) is 42.1. The Morgan fingerprint density at radius 3 is 1.21 bits per heavy atom. The van der Waals surface area contributed by atoms with Crippen LogP contribution in [0.3, 0.4) is 0 Å². The van der Waals surface area contributed by atoms with Crippen LogP contribution < -0.4 is 0 Å². The number of aromatic nitrogens is 16. The van der Waals surface area contributed by atoms with Gasteiger partial charge in [0.25, 0.3) is 0 Å². The van der Waals surface area contributed by atoms with E-state index in [-0.39, 0.29) is 11.8 Å². The highest BCUT2D eigenvalue weighted by Crippen LogP contribution is 2.57. The van der Waals surface area contributed by atoms with Crippen LogP contribution >= 0.6 is 0 Å². The molecule has 0 N–H and O–H groups in total. The van der Waals surface area contributed by atoms with E-state index in [0.29, 0.717) is 46.6 Å². The second-order valence-corrected chi connectivity index (χ2v) is 19.9. The van der Waals surface area contributed by atoms with Crippen LogP contribution in [-0.2, 0) is 0 Å². The standard InChI is InChI=1S/C64H38N16/c1-5-25-77-47(13-1)53(73-61(77)57-65-17-9-18-66-57)39-29-37-30-40(54-48-14-2-6-26-78(48)62(74-54)58-67-19-10-20-68-58)35-45-46-36-42(56-50-16-4-8-28-80(50)64(76-56)60-71-23-12-24-72-60)32-38-31-41(34-44(52(38)46)43(33-39)51(37)45)55-49-15-3-7-27-79(49)63(75-55)59-69-21-11-22-70-59/h1-36,43,51H. The highest BCUT2D eigenvalue weighted by atomic mass is 15.1. The van der Waals surface area contributed by atoms with Gasteiger partial charge in [0, 0.05) is 103 Å². The van der Waals surface area contributed by atoms with Gasteiger partial charge < -0.3 is 0 Å². The number of imidazole rings is 4. The van der Waals surface area contributed by atoms with Gasteiger partial charge in [-0.2, -0.15) is 0 Å². The van der Waals surface area contributed by atoms with Crippen molar-refractivity contribution in [2.75, 3.05) is 0 Å². The van der Waals surface area contributed by atoms with Gasteiger partial charge in [0.2, 0.25) is 0 Å². The molecule has 16 heteroatoms. The molecule has 3 aliphatic rings. The van der Waals surface area contributed by atoms with Crippen molar-refractivity contribution in [2.45, 2.75) is 5.92 Å². The first-order valence-corrected chi connectivity index (χ1v) is 26.1. The van der Waals surface area contributed by atoms with Gasteiger partial charge in [-0.05, 0) is 154 Å². The lowest BCUT2D eigenvalue weighted by Crippen LogP contribution is -2.25. The van der Waals surface area contributed by atoms with E-state index in [2.05, 4.69) is 149 Å². The van der Waals surface area contributed by atoms with Gasteiger partial charge in [0.05, 0.1) is 44.8 Å². The molecule has 2 atom stereocenters. The third kappa shape index (κ3) is 6.62. The fourth-order valence-electron chi connectivity index (χ4n) is 12.2. The molecule has 0 fully saturated rings. The van der Waals surface area contributed by atoms with E-state index in [4.69, 9.17) is 19.9 Å². The highest BCUT2D eigenvalue weighted by molar-refractivity contribution is 6.09. The minimum absolute atomic E-state index is 0.126. The fourth-order valence-corrected chi connectivity index (χ4v) is 12.2. The van der Waals surface area contributed by atoms with Crippen molar-refractivity contribution >= 4 is 49.6 Å². The second-order valence-electron chi connectivity index (χ2n) is 19.9. The summed E-state index contributed by atoms with van der Waals surface area (Å²) in [6.45, 7) is 0. The first-order chi connectivity index (χ1) is 39.7. The molecule has 12 heterocycles. The number of rotatable bonds is 8. The van der Waals surface area contributed by atoms with Crippen molar-refractivity contribution < 1.29 is 0 Å². The van der Waals surface area contributed by atoms with Gasteiger partial charge in [0.15, 0.2) is 46.6 Å². The summed E-state index contributed by atoms with van der Waals surface area (Å²) in [7, 11) is 0. The summed E-state index contributed by atoms with van der Waals surface area (Å²) in [5.41, 5.74) is 15.4. The lowest BCUT2D eigenvalue weighted by atomic mass is 9.63. The smallest absolute Gasteiger partial charge is 0.196 e. The third-order valence-electron chi connectivity index (χ3n) is 15.5. The van der Waals surface area contributed by atoms with E-state index in [0.717, 1.165) is 100 Å². The lowest BCUT2D eigenvalue weighted by molar-refractivity contribution is 0.687. The molecule has 374 valence electrons. The largest absolute Gasteiger partial charge is 0.296 e. The Kier molecular flexibility index (Phi) is 9.40. The van der Waals surface area contributed by atoms with Gasteiger partial charge in [0.1, 0.15) is 0 Å². The molecule has 0 radical (unpaired) electrons. The summed E-state index contributed by atoms with van der Waals surface area (Å²) in [4.78, 5) is 59.0. The third-order valence-corrected chi connectivity index (χ3v) is 15.5. The molecular formula is C64H38N16. The van der Waals surface area contributed by atoms with Crippen molar-refractivity contribution in [1.29, 1.82) is 0 Å². The van der Waals surface area contributed by atoms with Crippen molar-refractivity contribution in [3.63, 3.8) is 0 Å².